The van der Waals surface area contributed by atoms with Gasteiger partial charge >= 0.3 is 0 Å². The van der Waals surface area contributed by atoms with Crippen LogP contribution in [0, 0.1) is 5.82 Å². The molecular weight excluding hydrogens is 473 g/mol. The monoisotopic (exact) mass is 505 g/mol. The molecule has 0 saturated heterocycles. The van der Waals surface area contributed by atoms with Gasteiger partial charge in [-0.05, 0) is 48.6 Å². The van der Waals surface area contributed by atoms with Crippen molar-refractivity contribution in [3.05, 3.63) is 88.8 Å². The average molecular weight is 506 g/mol. The first-order valence-corrected chi connectivity index (χ1v) is 12.5. The van der Waals surface area contributed by atoms with Crippen LogP contribution < -0.4 is 10.6 Å². The van der Waals surface area contributed by atoms with Crippen molar-refractivity contribution < 1.29 is 18.8 Å². The van der Waals surface area contributed by atoms with Gasteiger partial charge in [-0.2, -0.15) is 0 Å². The molecule has 0 spiro atoms. The van der Waals surface area contributed by atoms with Crippen LogP contribution in [0.15, 0.2) is 54.9 Å². The molecule has 1 aromatic heterocycles. The molecule has 1 aliphatic rings. The molecule has 8 nitrogen and oxygen atoms in total. The molecule has 37 heavy (non-hydrogen) atoms. The number of imidazole rings is 1. The molecule has 1 unspecified atom stereocenters. The Balaban J connectivity index is 1.51. The van der Waals surface area contributed by atoms with Gasteiger partial charge in [0.1, 0.15) is 17.1 Å². The van der Waals surface area contributed by atoms with E-state index in [0.717, 1.165) is 17.5 Å². The molecule has 0 saturated carbocycles. The fraction of sp³-hybridized carbons (Fsp3) is 0.357. The highest BCUT2D eigenvalue weighted by molar-refractivity contribution is 6.07. The van der Waals surface area contributed by atoms with Crippen molar-refractivity contribution in [3.63, 3.8) is 0 Å². The SMILES string of the molecule is CCCN1C(=O)c2c(C(=O)NCc3ccc(CC)cc3)ncn2CC1(C)C(=O)NCc1ccc(F)cc1. The fourth-order valence-corrected chi connectivity index (χ4v) is 4.56. The van der Waals surface area contributed by atoms with Crippen LogP contribution in [0.5, 0.6) is 0 Å². The number of hydrogen-bond acceptors (Lipinski definition) is 4. The summed E-state index contributed by atoms with van der Waals surface area (Å²) in [5.74, 6) is -1.54. The summed E-state index contributed by atoms with van der Waals surface area (Å²) in [5, 5.41) is 5.73. The molecule has 0 radical (unpaired) electrons. The highest BCUT2D eigenvalue weighted by atomic mass is 19.1. The van der Waals surface area contributed by atoms with Crippen LogP contribution >= 0.6 is 0 Å². The van der Waals surface area contributed by atoms with Crippen LogP contribution in [-0.4, -0.2) is 44.3 Å². The molecule has 0 aliphatic carbocycles. The number of aryl methyl sites for hydroxylation is 1. The third-order valence-electron chi connectivity index (χ3n) is 6.76. The van der Waals surface area contributed by atoms with Crippen LogP contribution in [0.3, 0.4) is 0 Å². The maximum Gasteiger partial charge on any atom is 0.273 e. The number of aromatic nitrogens is 2. The van der Waals surface area contributed by atoms with Crippen molar-refractivity contribution >= 4 is 17.7 Å². The summed E-state index contributed by atoms with van der Waals surface area (Å²) in [6.07, 6.45) is 3.01. The van der Waals surface area contributed by atoms with E-state index in [0.29, 0.717) is 19.5 Å². The predicted octanol–water partition coefficient (Wildman–Crippen LogP) is 3.46. The lowest BCUT2D eigenvalue weighted by Crippen LogP contribution is -2.64. The first-order valence-electron chi connectivity index (χ1n) is 12.5. The molecule has 1 atom stereocenters. The number of hydrogen-bond donors (Lipinski definition) is 2. The van der Waals surface area contributed by atoms with Crippen LogP contribution in [0.4, 0.5) is 4.39 Å². The number of rotatable bonds is 9. The van der Waals surface area contributed by atoms with Gasteiger partial charge in [-0.1, -0.05) is 50.2 Å². The summed E-state index contributed by atoms with van der Waals surface area (Å²) in [4.78, 5) is 45.7. The molecule has 9 heteroatoms. The van der Waals surface area contributed by atoms with Crippen molar-refractivity contribution in [2.24, 2.45) is 0 Å². The highest BCUT2D eigenvalue weighted by Crippen LogP contribution is 2.29. The number of fused-ring (bicyclic) bond motifs is 1. The van der Waals surface area contributed by atoms with E-state index in [9.17, 15) is 18.8 Å². The number of carbonyl (C=O) groups is 3. The van der Waals surface area contributed by atoms with Crippen molar-refractivity contribution in [3.8, 4) is 0 Å². The zero-order valence-corrected chi connectivity index (χ0v) is 21.4. The van der Waals surface area contributed by atoms with Crippen LogP contribution in [0.2, 0.25) is 0 Å². The standard InChI is InChI=1S/C28H32FN5O3/c1-4-14-34-26(36)24-23(25(35)30-15-20-8-6-19(5-2)7-9-20)32-18-33(24)17-28(34,3)27(37)31-16-21-10-12-22(29)13-11-21/h6-13,18H,4-5,14-17H2,1-3H3,(H,30,35)(H,31,37). The van der Waals surface area contributed by atoms with Crippen LogP contribution in [0.25, 0.3) is 0 Å². The highest BCUT2D eigenvalue weighted by Gasteiger charge is 2.48. The first-order chi connectivity index (χ1) is 17.8. The Morgan fingerprint density at radius 3 is 2.19 bits per heavy atom. The molecular formula is C28H32FN5O3. The summed E-state index contributed by atoms with van der Waals surface area (Å²) < 4.78 is 14.8. The van der Waals surface area contributed by atoms with Gasteiger partial charge in [0.15, 0.2) is 5.69 Å². The third-order valence-corrected chi connectivity index (χ3v) is 6.76. The van der Waals surface area contributed by atoms with Crippen molar-refractivity contribution in [1.29, 1.82) is 0 Å². The van der Waals surface area contributed by atoms with E-state index in [1.807, 2.05) is 31.2 Å². The van der Waals surface area contributed by atoms with Crippen molar-refractivity contribution in [2.45, 2.75) is 58.8 Å². The Labute approximate surface area is 215 Å². The smallest absolute Gasteiger partial charge is 0.273 e. The summed E-state index contributed by atoms with van der Waals surface area (Å²) in [6.45, 7) is 6.73. The molecule has 3 amide bonds. The van der Waals surface area contributed by atoms with Crippen molar-refractivity contribution in [1.82, 2.24) is 25.1 Å². The Morgan fingerprint density at radius 1 is 0.973 bits per heavy atom. The number of carbonyl (C=O) groups excluding carboxylic acids is 3. The van der Waals surface area contributed by atoms with E-state index in [-0.39, 0.29) is 36.2 Å². The number of amides is 3. The minimum Gasteiger partial charge on any atom is -0.350 e. The zero-order valence-electron chi connectivity index (χ0n) is 21.4. The Kier molecular flexibility index (Phi) is 7.71. The predicted molar refractivity (Wildman–Crippen MR) is 137 cm³/mol. The van der Waals surface area contributed by atoms with Gasteiger partial charge < -0.3 is 20.1 Å². The van der Waals surface area contributed by atoms with Gasteiger partial charge in [0.25, 0.3) is 11.8 Å². The second kappa shape index (κ2) is 10.9. The number of halogens is 1. The molecule has 0 fully saturated rings. The number of nitrogens with zero attached hydrogens (tertiary/aromatic N) is 3. The minimum absolute atomic E-state index is 0.0463. The Hall–Kier alpha value is -4.01. The summed E-state index contributed by atoms with van der Waals surface area (Å²) >= 11 is 0. The molecule has 1 aliphatic heterocycles. The van der Waals surface area contributed by atoms with Gasteiger partial charge in [0, 0.05) is 19.6 Å². The van der Waals surface area contributed by atoms with Gasteiger partial charge in [-0.25, -0.2) is 9.37 Å². The maximum absolute atomic E-state index is 13.6. The summed E-state index contributed by atoms with van der Waals surface area (Å²) in [7, 11) is 0. The van der Waals surface area contributed by atoms with E-state index in [1.165, 1.54) is 28.9 Å². The topological polar surface area (TPSA) is 96.3 Å². The van der Waals surface area contributed by atoms with Gasteiger partial charge in [0.2, 0.25) is 5.91 Å². The first kappa shape index (κ1) is 26.1. The Bertz CT molecular complexity index is 1290. The lowest BCUT2D eigenvalue weighted by Gasteiger charge is -2.43. The van der Waals surface area contributed by atoms with E-state index in [1.54, 1.807) is 23.6 Å². The molecule has 3 aromatic rings. The molecule has 0 bridgehead atoms. The average Bonchev–Trinajstić information content (AvgIpc) is 3.33. The summed E-state index contributed by atoms with van der Waals surface area (Å²) in [5.41, 5.74) is 1.94. The fourth-order valence-electron chi connectivity index (χ4n) is 4.56. The molecule has 2 N–H and O–H groups in total. The molecule has 194 valence electrons. The molecule has 2 aromatic carbocycles. The maximum atomic E-state index is 13.6. The number of benzene rings is 2. The van der Waals surface area contributed by atoms with Gasteiger partial charge in [-0.3, -0.25) is 14.4 Å². The lowest BCUT2D eigenvalue weighted by atomic mass is 9.94. The van der Waals surface area contributed by atoms with E-state index >= 15 is 0 Å². The van der Waals surface area contributed by atoms with E-state index in [2.05, 4.69) is 22.5 Å². The molecule has 2 heterocycles. The third kappa shape index (κ3) is 5.40. The van der Waals surface area contributed by atoms with Gasteiger partial charge in [-0.15, -0.1) is 0 Å². The second-order valence-electron chi connectivity index (χ2n) is 9.46. The zero-order chi connectivity index (χ0) is 26.6. The van der Waals surface area contributed by atoms with E-state index < -0.39 is 17.4 Å². The van der Waals surface area contributed by atoms with E-state index in [4.69, 9.17) is 0 Å². The number of nitrogens with one attached hydrogen (secondary N) is 2. The molecule has 4 rings (SSSR count). The summed E-state index contributed by atoms with van der Waals surface area (Å²) in [6, 6.07) is 13.8. The van der Waals surface area contributed by atoms with Crippen molar-refractivity contribution in [2.75, 3.05) is 6.54 Å². The minimum atomic E-state index is -1.18. The van der Waals surface area contributed by atoms with Crippen LogP contribution in [0.1, 0.15) is 64.9 Å². The normalized spacial score (nSPS) is 16.9. The largest absolute Gasteiger partial charge is 0.350 e. The van der Waals surface area contributed by atoms with Crippen LogP contribution in [-0.2, 0) is 30.8 Å². The van der Waals surface area contributed by atoms with Gasteiger partial charge in [0.05, 0.1) is 12.9 Å². The second-order valence-corrected chi connectivity index (χ2v) is 9.46. The Morgan fingerprint density at radius 2 is 1.57 bits per heavy atom. The lowest BCUT2D eigenvalue weighted by molar-refractivity contribution is -0.133. The quantitative estimate of drug-likeness (QED) is 0.466.